The molecule has 1 aromatic rings. The molecule has 2 N–H and O–H groups in total. The first-order chi connectivity index (χ1) is 9.35. The fourth-order valence-electron chi connectivity index (χ4n) is 1.62. The average Bonchev–Trinajstić information content (AvgIpc) is 2.36. The molecular weight excluding hydrogens is 280 g/mol. The van der Waals surface area contributed by atoms with Gasteiger partial charge in [-0.15, -0.1) is 0 Å². The summed E-state index contributed by atoms with van der Waals surface area (Å²) in [6.45, 7) is 1.53. The number of nitrogens with zero attached hydrogens (tertiary/aromatic N) is 1. The number of hydrogen-bond donors (Lipinski definition) is 2. The van der Waals surface area contributed by atoms with Crippen LogP contribution in [0.4, 0.5) is 5.69 Å². The van der Waals surface area contributed by atoms with Gasteiger partial charge in [0.1, 0.15) is 6.54 Å². The molecule has 0 amide bonds. The molecule has 0 aliphatic heterocycles. The van der Waals surface area contributed by atoms with E-state index in [0.717, 1.165) is 29.1 Å². The minimum atomic E-state index is -3.84. The largest absolute Gasteiger partial charge is 0.480 e. The third-order valence-electron chi connectivity index (χ3n) is 2.79. The van der Waals surface area contributed by atoms with Gasteiger partial charge in [-0.2, -0.15) is 12.7 Å². The van der Waals surface area contributed by atoms with Gasteiger partial charge in [-0.25, -0.2) is 0 Å². The molecule has 1 aromatic carbocycles. The summed E-state index contributed by atoms with van der Waals surface area (Å²) in [5.74, 6) is -1.20. The van der Waals surface area contributed by atoms with E-state index in [1.807, 2.05) is 12.1 Å². The van der Waals surface area contributed by atoms with Crippen LogP contribution < -0.4 is 4.72 Å². The monoisotopic (exact) mass is 300 g/mol. The second-order valence-corrected chi connectivity index (χ2v) is 6.33. The van der Waals surface area contributed by atoms with Gasteiger partial charge < -0.3 is 5.11 Å². The number of carboxylic acids is 1. The number of aryl methyl sites for hydroxylation is 1. The Morgan fingerprint density at radius 2 is 1.90 bits per heavy atom. The third-order valence-corrected chi connectivity index (χ3v) is 4.23. The number of rotatable bonds is 8. The lowest BCUT2D eigenvalue weighted by molar-refractivity contribution is -0.137. The Morgan fingerprint density at radius 3 is 2.40 bits per heavy atom. The highest BCUT2D eigenvalue weighted by atomic mass is 32.2. The van der Waals surface area contributed by atoms with Crippen molar-refractivity contribution in [3.63, 3.8) is 0 Å². The van der Waals surface area contributed by atoms with E-state index in [1.54, 1.807) is 12.1 Å². The van der Waals surface area contributed by atoms with Crippen molar-refractivity contribution in [3.8, 4) is 0 Å². The van der Waals surface area contributed by atoms with Crippen molar-refractivity contribution in [2.75, 3.05) is 18.3 Å². The van der Waals surface area contributed by atoms with Crippen LogP contribution in [0.3, 0.4) is 0 Å². The first-order valence-corrected chi connectivity index (χ1v) is 7.84. The molecule has 0 heterocycles. The number of nitrogens with one attached hydrogen (secondary N) is 1. The Balaban J connectivity index is 2.70. The van der Waals surface area contributed by atoms with Crippen molar-refractivity contribution in [2.45, 2.75) is 26.2 Å². The van der Waals surface area contributed by atoms with Gasteiger partial charge in [0.15, 0.2) is 0 Å². The molecule has 6 nitrogen and oxygen atoms in total. The zero-order chi connectivity index (χ0) is 15.2. The van der Waals surface area contributed by atoms with Gasteiger partial charge >= 0.3 is 16.2 Å². The van der Waals surface area contributed by atoms with Crippen molar-refractivity contribution in [2.24, 2.45) is 0 Å². The fraction of sp³-hybridized carbons (Fsp3) is 0.462. The SMILES string of the molecule is CCCCc1ccc(NS(=O)(=O)N(C)CC(=O)O)cc1. The summed E-state index contributed by atoms with van der Waals surface area (Å²) in [5.41, 5.74) is 1.57. The number of aliphatic carboxylic acids is 1. The predicted molar refractivity (Wildman–Crippen MR) is 77.9 cm³/mol. The highest BCUT2D eigenvalue weighted by Gasteiger charge is 2.19. The number of unbranched alkanes of at least 4 members (excludes halogenated alkanes) is 1. The zero-order valence-corrected chi connectivity index (χ0v) is 12.5. The normalized spacial score (nSPS) is 11.6. The van der Waals surface area contributed by atoms with Crippen LogP contribution >= 0.6 is 0 Å². The molecule has 0 aliphatic rings. The lowest BCUT2D eigenvalue weighted by Crippen LogP contribution is -2.36. The topological polar surface area (TPSA) is 86.7 Å². The Kier molecular flexibility index (Phi) is 5.97. The summed E-state index contributed by atoms with van der Waals surface area (Å²) in [6, 6.07) is 7.09. The van der Waals surface area contributed by atoms with Crippen molar-refractivity contribution < 1.29 is 18.3 Å². The van der Waals surface area contributed by atoms with Gasteiger partial charge in [-0.1, -0.05) is 25.5 Å². The van der Waals surface area contributed by atoms with Gasteiger partial charge in [-0.3, -0.25) is 9.52 Å². The quantitative estimate of drug-likeness (QED) is 0.765. The lowest BCUT2D eigenvalue weighted by atomic mass is 10.1. The maximum absolute atomic E-state index is 11.8. The minimum absolute atomic E-state index is 0.419. The number of carbonyl (C=O) groups is 1. The molecule has 0 spiro atoms. The summed E-state index contributed by atoms with van der Waals surface area (Å²) < 4.78 is 26.8. The summed E-state index contributed by atoms with van der Waals surface area (Å²) in [7, 11) is -2.62. The molecule has 0 unspecified atom stereocenters. The Bertz CT molecular complexity index is 540. The molecule has 0 aliphatic carbocycles. The van der Waals surface area contributed by atoms with Gasteiger partial charge in [0.05, 0.1) is 0 Å². The van der Waals surface area contributed by atoms with Crippen LogP contribution in [0, 0.1) is 0 Å². The second-order valence-electron chi connectivity index (χ2n) is 4.56. The molecular formula is C13H20N2O4S. The van der Waals surface area contributed by atoms with E-state index in [2.05, 4.69) is 11.6 Å². The highest BCUT2D eigenvalue weighted by Crippen LogP contribution is 2.14. The van der Waals surface area contributed by atoms with Crippen LogP contribution in [0.5, 0.6) is 0 Å². The summed E-state index contributed by atoms with van der Waals surface area (Å²) in [5, 5.41) is 8.60. The first kappa shape index (κ1) is 16.5. The standard InChI is InChI=1S/C13H20N2O4S/c1-3-4-5-11-6-8-12(9-7-11)14-20(18,19)15(2)10-13(16)17/h6-9,14H,3-5,10H2,1-2H3,(H,16,17). The summed E-state index contributed by atoms with van der Waals surface area (Å²) >= 11 is 0. The molecule has 1 rings (SSSR count). The van der Waals surface area contributed by atoms with E-state index in [1.165, 1.54) is 7.05 Å². The van der Waals surface area contributed by atoms with Gasteiger partial charge in [0.2, 0.25) is 0 Å². The van der Waals surface area contributed by atoms with Gasteiger partial charge in [0.25, 0.3) is 0 Å². The number of hydrogen-bond acceptors (Lipinski definition) is 3. The molecule has 0 fully saturated rings. The van der Waals surface area contributed by atoms with Crippen molar-refractivity contribution in [1.29, 1.82) is 0 Å². The van der Waals surface area contributed by atoms with E-state index in [0.29, 0.717) is 5.69 Å². The maximum atomic E-state index is 11.8. The van der Waals surface area contributed by atoms with Gasteiger partial charge in [0, 0.05) is 12.7 Å². The summed E-state index contributed by atoms with van der Waals surface area (Å²) in [6.07, 6.45) is 3.16. The van der Waals surface area contributed by atoms with Crippen molar-refractivity contribution >= 4 is 21.9 Å². The van der Waals surface area contributed by atoms with Crippen LogP contribution in [0.25, 0.3) is 0 Å². The smallest absolute Gasteiger partial charge is 0.318 e. The molecule has 20 heavy (non-hydrogen) atoms. The van der Waals surface area contributed by atoms with Crippen molar-refractivity contribution in [3.05, 3.63) is 29.8 Å². The van der Waals surface area contributed by atoms with E-state index in [-0.39, 0.29) is 0 Å². The first-order valence-electron chi connectivity index (χ1n) is 6.40. The fourth-order valence-corrected chi connectivity index (χ4v) is 2.49. The minimum Gasteiger partial charge on any atom is -0.480 e. The van der Waals surface area contributed by atoms with Crippen LogP contribution in [0.1, 0.15) is 25.3 Å². The Hall–Kier alpha value is -1.60. The Labute approximate surface area is 119 Å². The third kappa shape index (κ3) is 5.18. The number of likely N-dealkylation sites (N-methyl/N-ethyl adjacent to an activating group) is 1. The molecule has 7 heteroatoms. The summed E-state index contributed by atoms with van der Waals surface area (Å²) in [4.78, 5) is 10.5. The van der Waals surface area contributed by atoms with E-state index in [9.17, 15) is 13.2 Å². The molecule has 112 valence electrons. The number of anilines is 1. The second kappa shape index (κ2) is 7.25. The molecule has 0 saturated heterocycles. The molecule has 0 bridgehead atoms. The Morgan fingerprint density at radius 1 is 1.30 bits per heavy atom. The van der Waals surface area contributed by atoms with Gasteiger partial charge in [-0.05, 0) is 30.5 Å². The zero-order valence-electron chi connectivity index (χ0n) is 11.7. The van der Waals surface area contributed by atoms with Crippen LogP contribution in [0.15, 0.2) is 24.3 Å². The molecule has 0 atom stereocenters. The number of carboxylic acid groups (broad SMARTS) is 1. The highest BCUT2D eigenvalue weighted by molar-refractivity contribution is 7.90. The maximum Gasteiger partial charge on any atom is 0.318 e. The molecule has 0 radical (unpaired) electrons. The number of benzene rings is 1. The van der Waals surface area contributed by atoms with E-state index in [4.69, 9.17) is 5.11 Å². The lowest BCUT2D eigenvalue weighted by Gasteiger charge is -2.16. The molecule has 0 saturated carbocycles. The average molecular weight is 300 g/mol. The van der Waals surface area contributed by atoms with Crippen LogP contribution in [-0.4, -0.2) is 37.4 Å². The predicted octanol–water partition coefficient (Wildman–Crippen LogP) is 1.70. The van der Waals surface area contributed by atoms with Crippen LogP contribution in [-0.2, 0) is 21.4 Å². The van der Waals surface area contributed by atoms with E-state index < -0.39 is 22.7 Å². The molecule has 0 aromatic heterocycles. The van der Waals surface area contributed by atoms with E-state index >= 15 is 0 Å². The van der Waals surface area contributed by atoms with Crippen molar-refractivity contribution in [1.82, 2.24) is 4.31 Å². The van der Waals surface area contributed by atoms with Crippen LogP contribution in [0.2, 0.25) is 0 Å².